The lowest BCUT2D eigenvalue weighted by atomic mass is 9.86. The molecule has 6 nitrogen and oxygen atoms in total. The molecule has 128 valence electrons. The van der Waals surface area contributed by atoms with Crippen molar-refractivity contribution in [3.05, 3.63) is 54.1 Å². The van der Waals surface area contributed by atoms with Crippen LogP contribution in [0.3, 0.4) is 0 Å². The predicted molar refractivity (Wildman–Crippen MR) is 93.1 cm³/mol. The summed E-state index contributed by atoms with van der Waals surface area (Å²) in [6, 6.07) is 7.65. The van der Waals surface area contributed by atoms with Gasteiger partial charge in [-0.15, -0.1) is 0 Å². The van der Waals surface area contributed by atoms with E-state index >= 15 is 0 Å². The van der Waals surface area contributed by atoms with Crippen molar-refractivity contribution >= 4 is 17.5 Å². The zero-order valence-corrected chi connectivity index (χ0v) is 14.2. The molecule has 2 aliphatic rings. The minimum atomic E-state index is -0.161. The number of aryl methyl sites for hydroxylation is 1. The fourth-order valence-corrected chi connectivity index (χ4v) is 3.93. The maximum absolute atomic E-state index is 12.8. The van der Waals surface area contributed by atoms with Crippen LogP contribution in [0.1, 0.15) is 28.8 Å². The Kier molecular flexibility index (Phi) is 3.75. The zero-order chi connectivity index (χ0) is 17.4. The van der Waals surface area contributed by atoms with Gasteiger partial charge >= 0.3 is 0 Å². The van der Waals surface area contributed by atoms with Gasteiger partial charge in [0.15, 0.2) is 0 Å². The van der Waals surface area contributed by atoms with Gasteiger partial charge < -0.3 is 9.80 Å². The molecule has 0 aliphatic carbocycles. The van der Waals surface area contributed by atoms with Crippen LogP contribution in [-0.2, 0) is 4.79 Å². The Morgan fingerprint density at radius 3 is 2.68 bits per heavy atom. The number of benzene rings is 1. The molecule has 6 heteroatoms. The first-order valence-corrected chi connectivity index (χ1v) is 8.48. The van der Waals surface area contributed by atoms with Crippen LogP contribution in [0.25, 0.3) is 0 Å². The summed E-state index contributed by atoms with van der Waals surface area (Å²) in [6.07, 6.45) is 6.10. The van der Waals surface area contributed by atoms with Crippen molar-refractivity contribution in [2.75, 3.05) is 24.5 Å². The average molecular weight is 336 g/mol. The van der Waals surface area contributed by atoms with Gasteiger partial charge in [-0.1, -0.05) is 18.2 Å². The Bertz CT molecular complexity index is 823. The Morgan fingerprint density at radius 2 is 1.92 bits per heavy atom. The highest BCUT2D eigenvalue weighted by Crippen LogP contribution is 2.42. The highest BCUT2D eigenvalue weighted by atomic mass is 16.2. The highest BCUT2D eigenvalue weighted by Gasteiger charge is 2.49. The highest BCUT2D eigenvalue weighted by molar-refractivity contribution is 5.98. The van der Waals surface area contributed by atoms with Crippen LogP contribution in [0, 0.1) is 12.3 Å². The van der Waals surface area contributed by atoms with E-state index in [1.807, 2.05) is 36.1 Å². The van der Waals surface area contributed by atoms with E-state index in [0.717, 1.165) is 23.2 Å². The molecule has 1 atom stereocenters. The fourth-order valence-electron chi connectivity index (χ4n) is 3.93. The van der Waals surface area contributed by atoms with Gasteiger partial charge in [0.25, 0.3) is 5.91 Å². The van der Waals surface area contributed by atoms with Crippen molar-refractivity contribution in [2.45, 2.75) is 19.8 Å². The van der Waals surface area contributed by atoms with E-state index in [-0.39, 0.29) is 17.2 Å². The van der Waals surface area contributed by atoms with Crippen molar-refractivity contribution in [3.8, 4) is 0 Å². The summed E-state index contributed by atoms with van der Waals surface area (Å²) in [5, 5.41) is 0. The maximum Gasteiger partial charge on any atom is 0.254 e. The molecule has 2 fully saturated rings. The van der Waals surface area contributed by atoms with Crippen LogP contribution < -0.4 is 4.90 Å². The summed E-state index contributed by atoms with van der Waals surface area (Å²) in [5.74, 6) is 0.143. The smallest absolute Gasteiger partial charge is 0.254 e. The van der Waals surface area contributed by atoms with Crippen molar-refractivity contribution in [1.82, 2.24) is 14.9 Å². The van der Waals surface area contributed by atoms with Crippen LogP contribution in [0.2, 0.25) is 0 Å². The first-order valence-electron chi connectivity index (χ1n) is 8.48. The standard InChI is InChI=1S/C19H20N4O2/c1-14-4-2-3-5-16(14)18(25)22-7-6-19(11-22)8-17(24)23(12-19)15-9-20-13-21-10-15/h2-5,9-10,13H,6-8,11-12H2,1H3. The minimum absolute atomic E-state index is 0.0592. The molecule has 25 heavy (non-hydrogen) atoms. The number of anilines is 1. The molecule has 0 bridgehead atoms. The lowest BCUT2D eigenvalue weighted by Gasteiger charge is -2.24. The number of likely N-dealkylation sites (tertiary alicyclic amines) is 1. The van der Waals surface area contributed by atoms with Crippen molar-refractivity contribution < 1.29 is 9.59 Å². The summed E-state index contributed by atoms with van der Waals surface area (Å²) < 4.78 is 0. The van der Waals surface area contributed by atoms with E-state index in [1.54, 1.807) is 17.3 Å². The maximum atomic E-state index is 12.8. The molecule has 1 unspecified atom stereocenters. The van der Waals surface area contributed by atoms with E-state index in [0.29, 0.717) is 26.1 Å². The van der Waals surface area contributed by atoms with E-state index in [2.05, 4.69) is 9.97 Å². The van der Waals surface area contributed by atoms with Crippen LogP contribution in [-0.4, -0.2) is 46.3 Å². The summed E-state index contributed by atoms with van der Waals surface area (Å²) >= 11 is 0. The lowest BCUT2D eigenvalue weighted by molar-refractivity contribution is -0.117. The van der Waals surface area contributed by atoms with Crippen LogP contribution >= 0.6 is 0 Å². The molecule has 2 aromatic rings. The number of amides is 2. The van der Waals surface area contributed by atoms with Gasteiger partial charge in [-0.05, 0) is 25.0 Å². The lowest BCUT2D eigenvalue weighted by Crippen LogP contribution is -2.34. The molecule has 1 aromatic heterocycles. The average Bonchev–Trinajstić information content (AvgIpc) is 3.19. The summed E-state index contributed by atoms with van der Waals surface area (Å²) in [6.45, 7) is 3.89. The molecule has 1 aromatic carbocycles. The SMILES string of the molecule is Cc1ccccc1C(=O)N1CCC2(CC(=O)N(c3cncnc3)C2)C1. The Hall–Kier alpha value is -2.76. The third-order valence-electron chi connectivity index (χ3n) is 5.28. The Morgan fingerprint density at radius 1 is 1.16 bits per heavy atom. The number of aromatic nitrogens is 2. The van der Waals surface area contributed by atoms with Gasteiger partial charge in [0, 0.05) is 37.0 Å². The second-order valence-electron chi connectivity index (χ2n) is 7.04. The third-order valence-corrected chi connectivity index (χ3v) is 5.28. The Balaban J connectivity index is 1.52. The topological polar surface area (TPSA) is 66.4 Å². The largest absolute Gasteiger partial charge is 0.338 e. The number of rotatable bonds is 2. The van der Waals surface area contributed by atoms with Gasteiger partial charge in [0.05, 0.1) is 18.1 Å². The van der Waals surface area contributed by atoms with Crippen LogP contribution in [0.4, 0.5) is 5.69 Å². The van der Waals surface area contributed by atoms with Crippen molar-refractivity contribution in [2.24, 2.45) is 5.41 Å². The van der Waals surface area contributed by atoms with E-state index < -0.39 is 0 Å². The summed E-state index contributed by atoms with van der Waals surface area (Å²) in [4.78, 5) is 37.0. The normalized spacial score (nSPS) is 22.8. The predicted octanol–water partition coefficient (Wildman–Crippen LogP) is 2.05. The second kappa shape index (κ2) is 5.95. The summed E-state index contributed by atoms with van der Waals surface area (Å²) in [5.41, 5.74) is 2.30. The van der Waals surface area contributed by atoms with Gasteiger partial charge in [-0.3, -0.25) is 9.59 Å². The van der Waals surface area contributed by atoms with Crippen molar-refractivity contribution in [1.29, 1.82) is 0 Å². The van der Waals surface area contributed by atoms with Gasteiger partial charge in [-0.2, -0.15) is 0 Å². The number of nitrogens with zero attached hydrogens (tertiary/aromatic N) is 4. The molecule has 2 aliphatic heterocycles. The molecule has 0 saturated carbocycles. The molecule has 0 radical (unpaired) electrons. The molecule has 3 heterocycles. The Labute approximate surface area is 146 Å². The zero-order valence-electron chi connectivity index (χ0n) is 14.2. The van der Waals surface area contributed by atoms with E-state index in [1.165, 1.54) is 6.33 Å². The summed E-state index contributed by atoms with van der Waals surface area (Å²) in [7, 11) is 0. The van der Waals surface area contributed by atoms with Gasteiger partial charge in [0.2, 0.25) is 5.91 Å². The quantitative estimate of drug-likeness (QED) is 0.842. The molecule has 0 N–H and O–H groups in total. The monoisotopic (exact) mass is 336 g/mol. The molecule has 2 amide bonds. The van der Waals surface area contributed by atoms with Crippen molar-refractivity contribution in [3.63, 3.8) is 0 Å². The van der Waals surface area contributed by atoms with Gasteiger partial charge in [-0.25, -0.2) is 9.97 Å². The third kappa shape index (κ3) is 2.77. The van der Waals surface area contributed by atoms with E-state index in [9.17, 15) is 9.59 Å². The fraction of sp³-hybridized carbons (Fsp3) is 0.368. The first kappa shape index (κ1) is 15.7. The van der Waals surface area contributed by atoms with Crippen LogP contribution in [0.15, 0.2) is 43.0 Å². The number of hydrogen-bond acceptors (Lipinski definition) is 4. The number of hydrogen-bond donors (Lipinski definition) is 0. The first-order chi connectivity index (χ1) is 12.1. The van der Waals surface area contributed by atoms with Crippen LogP contribution in [0.5, 0.6) is 0 Å². The van der Waals surface area contributed by atoms with Gasteiger partial charge in [0.1, 0.15) is 6.33 Å². The number of carbonyl (C=O) groups excluding carboxylic acids is 2. The molecule has 1 spiro atoms. The molecule has 2 saturated heterocycles. The molecular formula is C19H20N4O2. The second-order valence-corrected chi connectivity index (χ2v) is 7.04. The van der Waals surface area contributed by atoms with E-state index in [4.69, 9.17) is 0 Å². The minimum Gasteiger partial charge on any atom is -0.338 e. The molecule has 4 rings (SSSR count). The molecular weight excluding hydrogens is 316 g/mol. The number of carbonyl (C=O) groups is 2.